The van der Waals surface area contributed by atoms with Crippen molar-refractivity contribution in [3.63, 3.8) is 0 Å². The molecular weight excluding hydrogens is 366 g/mol. The molecule has 1 fully saturated rings. The van der Waals surface area contributed by atoms with Crippen molar-refractivity contribution in [3.8, 4) is 18.0 Å². The fourth-order valence-corrected chi connectivity index (χ4v) is 3.10. The third-order valence-corrected chi connectivity index (χ3v) is 4.57. The maximum atomic E-state index is 12.8. The van der Waals surface area contributed by atoms with Crippen molar-refractivity contribution >= 4 is 32.7 Å². The molecule has 0 unspecified atom stereocenters. The average Bonchev–Trinajstić information content (AvgIpc) is 3.39. The largest absolute Gasteiger partial charge is 0.367 e. The summed E-state index contributed by atoms with van der Waals surface area (Å²) in [5.41, 5.74) is 1.76. The van der Waals surface area contributed by atoms with E-state index in [0.717, 1.165) is 28.2 Å². The molecule has 1 heterocycles. The Morgan fingerprint density at radius 1 is 1.25 bits per heavy atom. The van der Waals surface area contributed by atoms with Crippen molar-refractivity contribution in [2.24, 2.45) is 0 Å². The van der Waals surface area contributed by atoms with E-state index in [1.54, 1.807) is 4.57 Å². The zero-order valence-corrected chi connectivity index (χ0v) is 14.4. The van der Waals surface area contributed by atoms with Gasteiger partial charge in [-0.15, -0.1) is 6.42 Å². The molecule has 5 heteroatoms. The van der Waals surface area contributed by atoms with E-state index in [4.69, 9.17) is 6.42 Å². The van der Waals surface area contributed by atoms with Crippen LogP contribution in [0.25, 0.3) is 16.6 Å². The zero-order valence-electron chi connectivity index (χ0n) is 12.8. The smallest absolute Gasteiger partial charge is 0.354 e. The molecule has 1 aromatic heterocycles. The molecule has 1 aliphatic carbocycles. The van der Waals surface area contributed by atoms with Gasteiger partial charge in [0.1, 0.15) is 5.82 Å². The van der Waals surface area contributed by atoms with Crippen LogP contribution in [0.15, 0.2) is 51.7 Å². The van der Waals surface area contributed by atoms with Crippen molar-refractivity contribution in [1.82, 2.24) is 9.55 Å². The number of rotatable bonds is 3. The van der Waals surface area contributed by atoms with Crippen molar-refractivity contribution in [1.29, 1.82) is 0 Å². The standard InChI is InChI=1S/C19H14BrN3O/c1-2-12-5-3-4-6-16(12)23-17-11-13(20)7-10-15(17)18(22-19(23)24)21-14-8-9-14/h1,3-7,10-11,14H,8-9H2,(H,21,22,24). The lowest BCUT2D eigenvalue weighted by molar-refractivity contribution is 0.949. The molecule has 1 saturated carbocycles. The Hall–Kier alpha value is -2.58. The van der Waals surface area contributed by atoms with Crippen LogP contribution in [0, 0.1) is 12.3 Å². The molecule has 0 radical (unpaired) electrons. The molecular formula is C19H14BrN3O. The highest BCUT2D eigenvalue weighted by molar-refractivity contribution is 9.10. The van der Waals surface area contributed by atoms with E-state index >= 15 is 0 Å². The van der Waals surface area contributed by atoms with Gasteiger partial charge in [-0.3, -0.25) is 4.57 Å². The average molecular weight is 380 g/mol. The first-order valence-electron chi connectivity index (χ1n) is 7.72. The number of para-hydroxylation sites is 1. The van der Waals surface area contributed by atoms with Crippen LogP contribution in [-0.2, 0) is 0 Å². The maximum Gasteiger partial charge on any atom is 0.354 e. The molecule has 3 aromatic rings. The number of terminal acetylenes is 1. The third-order valence-electron chi connectivity index (χ3n) is 4.07. The van der Waals surface area contributed by atoms with Gasteiger partial charge in [-0.05, 0) is 43.2 Å². The molecule has 0 bridgehead atoms. The summed E-state index contributed by atoms with van der Waals surface area (Å²) >= 11 is 3.49. The summed E-state index contributed by atoms with van der Waals surface area (Å²) in [5.74, 6) is 3.28. The van der Waals surface area contributed by atoms with Crippen molar-refractivity contribution in [3.05, 3.63) is 63.0 Å². The Kier molecular flexibility index (Phi) is 3.62. The molecule has 0 spiro atoms. The zero-order chi connectivity index (χ0) is 16.7. The quantitative estimate of drug-likeness (QED) is 0.705. The lowest BCUT2D eigenvalue weighted by Crippen LogP contribution is -2.24. The van der Waals surface area contributed by atoms with Gasteiger partial charge in [0.2, 0.25) is 0 Å². The van der Waals surface area contributed by atoms with Gasteiger partial charge in [0.05, 0.1) is 11.2 Å². The Balaban J connectivity index is 2.05. The minimum Gasteiger partial charge on any atom is -0.367 e. The van der Waals surface area contributed by atoms with Gasteiger partial charge in [0, 0.05) is 21.5 Å². The Labute approximate surface area is 147 Å². The first-order chi connectivity index (χ1) is 11.7. The van der Waals surface area contributed by atoms with Crippen molar-refractivity contribution in [2.45, 2.75) is 18.9 Å². The second kappa shape index (κ2) is 5.81. The van der Waals surface area contributed by atoms with Crippen LogP contribution in [0.4, 0.5) is 5.82 Å². The van der Waals surface area contributed by atoms with Crippen LogP contribution >= 0.6 is 15.9 Å². The van der Waals surface area contributed by atoms with E-state index < -0.39 is 0 Å². The first kappa shape index (κ1) is 15.0. The highest BCUT2D eigenvalue weighted by Crippen LogP contribution is 2.30. The topological polar surface area (TPSA) is 46.9 Å². The number of nitrogens with one attached hydrogen (secondary N) is 1. The molecule has 24 heavy (non-hydrogen) atoms. The third kappa shape index (κ3) is 2.59. The summed E-state index contributed by atoms with van der Waals surface area (Å²) in [6, 6.07) is 13.6. The molecule has 0 saturated heterocycles. The molecule has 0 amide bonds. The van der Waals surface area contributed by atoms with Crippen molar-refractivity contribution in [2.75, 3.05) is 5.32 Å². The first-order valence-corrected chi connectivity index (χ1v) is 8.51. The number of anilines is 1. The highest BCUT2D eigenvalue weighted by Gasteiger charge is 2.23. The molecule has 0 atom stereocenters. The van der Waals surface area contributed by atoms with Gasteiger partial charge >= 0.3 is 5.69 Å². The van der Waals surface area contributed by atoms with Crippen LogP contribution in [0.1, 0.15) is 18.4 Å². The normalized spacial score (nSPS) is 13.7. The van der Waals surface area contributed by atoms with E-state index in [2.05, 4.69) is 32.2 Å². The molecule has 118 valence electrons. The second-order valence-electron chi connectivity index (χ2n) is 5.82. The number of hydrogen-bond donors (Lipinski definition) is 1. The number of benzene rings is 2. The molecule has 0 aliphatic heterocycles. The highest BCUT2D eigenvalue weighted by atomic mass is 79.9. The lowest BCUT2D eigenvalue weighted by atomic mass is 10.1. The van der Waals surface area contributed by atoms with Gasteiger partial charge in [-0.2, -0.15) is 4.98 Å². The fourth-order valence-electron chi connectivity index (χ4n) is 2.75. The molecule has 1 N–H and O–H groups in total. The molecule has 1 aliphatic rings. The number of hydrogen-bond acceptors (Lipinski definition) is 3. The van der Waals surface area contributed by atoms with Crippen LogP contribution in [0.3, 0.4) is 0 Å². The van der Waals surface area contributed by atoms with Crippen LogP contribution in [0.5, 0.6) is 0 Å². The summed E-state index contributed by atoms with van der Waals surface area (Å²) in [5, 5.41) is 4.25. The Bertz CT molecular complexity index is 1040. The van der Waals surface area contributed by atoms with Gasteiger partial charge in [0.25, 0.3) is 0 Å². The summed E-state index contributed by atoms with van der Waals surface area (Å²) < 4.78 is 2.47. The van der Waals surface area contributed by atoms with Gasteiger partial charge < -0.3 is 5.32 Å². The summed E-state index contributed by atoms with van der Waals surface area (Å²) in [6.45, 7) is 0. The predicted octanol–water partition coefficient (Wildman–Crippen LogP) is 3.70. The van der Waals surface area contributed by atoms with Gasteiger partial charge in [-0.1, -0.05) is 34.0 Å². The summed E-state index contributed by atoms with van der Waals surface area (Å²) in [4.78, 5) is 17.0. The van der Waals surface area contributed by atoms with Crippen LogP contribution in [0.2, 0.25) is 0 Å². The van der Waals surface area contributed by atoms with Gasteiger partial charge in [-0.25, -0.2) is 4.79 Å². The minimum absolute atomic E-state index is 0.341. The Morgan fingerprint density at radius 3 is 2.79 bits per heavy atom. The van der Waals surface area contributed by atoms with Crippen LogP contribution in [-0.4, -0.2) is 15.6 Å². The predicted molar refractivity (Wildman–Crippen MR) is 99.6 cm³/mol. The van der Waals surface area contributed by atoms with E-state index in [0.29, 0.717) is 23.1 Å². The monoisotopic (exact) mass is 379 g/mol. The lowest BCUT2D eigenvalue weighted by Gasteiger charge is -2.15. The maximum absolute atomic E-state index is 12.8. The second-order valence-corrected chi connectivity index (χ2v) is 6.74. The van der Waals surface area contributed by atoms with Crippen molar-refractivity contribution < 1.29 is 0 Å². The minimum atomic E-state index is -0.341. The molecule has 2 aromatic carbocycles. The molecule has 4 rings (SSSR count). The summed E-state index contributed by atoms with van der Waals surface area (Å²) in [7, 11) is 0. The van der Waals surface area contributed by atoms with Crippen LogP contribution < -0.4 is 11.0 Å². The van der Waals surface area contributed by atoms with E-state index in [1.807, 2.05) is 42.5 Å². The van der Waals surface area contributed by atoms with E-state index in [1.165, 1.54) is 0 Å². The number of halogens is 1. The van der Waals surface area contributed by atoms with E-state index in [9.17, 15) is 4.79 Å². The fraction of sp³-hybridized carbons (Fsp3) is 0.158. The SMILES string of the molecule is C#Cc1ccccc1-n1c(=O)nc(NC2CC2)c2ccc(Br)cc21. The number of nitrogens with zero attached hydrogens (tertiary/aromatic N) is 2. The Morgan fingerprint density at radius 2 is 2.04 bits per heavy atom. The summed E-state index contributed by atoms with van der Waals surface area (Å²) in [6.07, 6.45) is 7.84. The van der Waals surface area contributed by atoms with E-state index in [-0.39, 0.29) is 5.69 Å². The number of fused-ring (bicyclic) bond motifs is 1. The van der Waals surface area contributed by atoms with Gasteiger partial charge in [0.15, 0.2) is 0 Å². The molecule has 4 nitrogen and oxygen atoms in total. The number of aromatic nitrogens is 2.